The number of ether oxygens (including phenoxy) is 1. The fraction of sp³-hybridized carbons (Fsp3) is 0.476. The Kier molecular flexibility index (Phi) is 7.24. The molecular weight excluding hydrogens is 368 g/mol. The van der Waals surface area contributed by atoms with E-state index in [1.54, 1.807) is 4.68 Å². The lowest BCUT2D eigenvalue weighted by Gasteiger charge is -2.34. The Labute approximate surface area is 171 Å². The van der Waals surface area contributed by atoms with E-state index in [2.05, 4.69) is 20.6 Å². The topological polar surface area (TPSA) is 83.8 Å². The number of amides is 1. The Morgan fingerprint density at radius 2 is 2.24 bits per heavy atom. The normalized spacial score (nSPS) is 17.3. The molecule has 1 unspecified atom stereocenters. The quantitative estimate of drug-likeness (QED) is 0.438. The number of carbonyl (C=O) groups is 1. The van der Waals surface area contributed by atoms with E-state index in [9.17, 15) is 4.79 Å². The van der Waals surface area contributed by atoms with Gasteiger partial charge in [0.2, 0.25) is 0 Å². The molecule has 2 heterocycles. The van der Waals surface area contributed by atoms with E-state index < -0.39 is 0 Å². The number of carbonyl (C=O) groups excluding carboxylic acids is 1. The molecule has 1 atom stereocenters. The van der Waals surface area contributed by atoms with Crippen LogP contribution in [-0.4, -0.2) is 65.9 Å². The van der Waals surface area contributed by atoms with E-state index in [4.69, 9.17) is 9.73 Å². The molecule has 156 valence electrons. The zero-order chi connectivity index (χ0) is 20.6. The molecule has 2 N–H and O–H groups in total. The minimum Gasteiger partial charge on any atom is -0.370 e. The highest BCUT2D eigenvalue weighted by Crippen LogP contribution is 2.21. The summed E-state index contributed by atoms with van der Waals surface area (Å²) in [5, 5.41) is 10.5. The summed E-state index contributed by atoms with van der Waals surface area (Å²) in [6.45, 7) is 7.93. The van der Waals surface area contributed by atoms with E-state index in [0.29, 0.717) is 31.8 Å². The van der Waals surface area contributed by atoms with Crippen LogP contribution in [0.2, 0.25) is 0 Å². The molecule has 2 aromatic rings. The predicted molar refractivity (Wildman–Crippen MR) is 113 cm³/mol. The highest BCUT2D eigenvalue weighted by molar-refractivity contribution is 5.94. The minimum absolute atomic E-state index is 0.0256. The smallest absolute Gasteiger partial charge is 0.251 e. The average molecular weight is 399 g/mol. The van der Waals surface area contributed by atoms with Crippen molar-refractivity contribution in [3.05, 3.63) is 53.3 Å². The van der Waals surface area contributed by atoms with Crippen LogP contribution in [0.15, 0.2) is 41.7 Å². The van der Waals surface area contributed by atoms with Crippen LogP contribution in [0.25, 0.3) is 0 Å². The van der Waals surface area contributed by atoms with Crippen molar-refractivity contribution < 1.29 is 9.53 Å². The third-order valence-corrected chi connectivity index (χ3v) is 4.74. The molecule has 1 aromatic carbocycles. The third-order valence-electron chi connectivity index (χ3n) is 4.74. The number of aryl methyl sites for hydroxylation is 2. The standard InChI is InChI=1S/C21H30N6O2/c1-4-22-21(24-9-8-23-20(28)17-7-5-6-16(2)12-17)27-10-11-29-19(15-27)18-13-25-26(3)14-18/h5-7,12-14,19H,4,8-11,15H2,1-3H3,(H,22,24)(H,23,28). The summed E-state index contributed by atoms with van der Waals surface area (Å²) in [6, 6.07) is 7.57. The number of benzene rings is 1. The summed E-state index contributed by atoms with van der Waals surface area (Å²) >= 11 is 0. The molecule has 0 radical (unpaired) electrons. The third kappa shape index (κ3) is 5.80. The van der Waals surface area contributed by atoms with E-state index in [1.165, 1.54) is 0 Å². The first-order chi connectivity index (χ1) is 14.1. The second-order valence-corrected chi connectivity index (χ2v) is 7.11. The van der Waals surface area contributed by atoms with Gasteiger partial charge in [-0.3, -0.25) is 14.5 Å². The molecule has 8 nitrogen and oxygen atoms in total. The van der Waals surface area contributed by atoms with Crippen LogP contribution < -0.4 is 10.6 Å². The lowest BCUT2D eigenvalue weighted by atomic mass is 10.1. The van der Waals surface area contributed by atoms with Crippen molar-refractivity contribution in [2.24, 2.45) is 12.0 Å². The van der Waals surface area contributed by atoms with Gasteiger partial charge in [-0.15, -0.1) is 0 Å². The first-order valence-electron chi connectivity index (χ1n) is 10.0. The van der Waals surface area contributed by atoms with Gasteiger partial charge in [-0.1, -0.05) is 17.7 Å². The van der Waals surface area contributed by atoms with E-state index in [1.807, 2.05) is 57.6 Å². The predicted octanol–water partition coefficient (Wildman–Crippen LogP) is 1.50. The van der Waals surface area contributed by atoms with Crippen molar-refractivity contribution in [2.75, 3.05) is 39.3 Å². The number of nitrogens with zero attached hydrogens (tertiary/aromatic N) is 4. The second-order valence-electron chi connectivity index (χ2n) is 7.11. The summed E-state index contributed by atoms with van der Waals surface area (Å²) in [7, 11) is 1.90. The fourth-order valence-electron chi connectivity index (χ4n) is 3.30. The van der Waals surface area contributed by atoms with Crippen LogP contribution in [0.1, 0.15) is 34.5 Å². The highest BCUT2D eigenvalue weighted by atomic mass is 16.5. The summed E-state index contributed by atoms with van der Waals surface area (Å²) < 4.78 is 7.70. The van der Waals surface area contributed by atoms with E-state index in [0.717, 1.165) is 30.2 Å². The van der Waals surface area contributed by atoms with Crippen molar-refractivity contribution >= 4 is 11.9 Å². The number of aliphatic imine (C=N–C) groups is 1. The van der Waals surface area contributed by atoms with E-state index >= 15 is 0 Å². The zero-order valence-electron chi connectivity index (χ0n) is 17.4. The molecular formula is C21H30N6O2. The van der Waals surface area contributed by atoms with Crippen LogP contribution in [0.4, 0.5) is 0 Å². The average Bonchev–Trinajstić information content (AvgIpc) is 3.16. The van der Waals surface area contributed by atoms with Gasteiger partial charge in [-0.2, -0.15) is 5.10 Å². The Morgan fingerprint density at radius 1 is 1.38 bits per heavy atom. The molecule has 0 saturated carbocycles. The molecule has 29 heavy (non-hydrogen) atoms. The maximum Gasteiger partial charge on any atom is 0.251 e. The van der Waals surface area contributed by atoms with Crippen LogP contribution in [0.3, 0.4) is 0 Å². The fourth-order valence-corrected chi connectivity index (χ4v) is 3.30. The van der Waals surface area contributed by atoms with Gasteiger partial charge in [0, 0.05) is 44.0 Å². The van der Waals surface area contributed by atoms with Crippen LogP contribution in [0, 0.1) is 6.92 Å². The second kappa shape index (κ2) is 10.1. The number of guanidine groups is 1. The van der Waals surface area contributed by atoms with Crippen molar-refractivity contribution in [2.45, 2.75) is 20.0 Å². The Balaban J connectivity index is 1.55. The van der Waals surface area contributed by atoms with Gasteiger partial charge in [-0.05, 0) is 26.0 Å². The van der Waals surface area contributed by atoms with Crippen molar-refractivity contribution in [1.82, 2.24) is 25.3 Å². The molecule has 0 bridgehead atoms. The highest BCUT2D eigenvalue weighted by Gasteiger charge is 2.25. The number of hydrogen-bond donors (Lipinski definition) is 2. The van der Waals surface area contributed by atoms with Gasteiger partial charge < -0.3 is 20.3 Å². The van der Waals surface area contributed by atoms with Gasteiger partial charge in [0.25, 0.3) is 5.91 Å². The molecule has 1 aliphatic rings. The lowest BCUT2D eigenvalue weighted by Crippen LogP contribution is -2.48. The maximum atomic E-state index is 12.3. The maximum absolute atomic E-state index is 12.3. The van der Waals surface area contributed by atoms with Crippen molar-refractivity contribution in [3.8, 4) is 0 Å². The number of morpholine rings is 1. The molecule has 3 rings (SSSR count). The number of rotatable bonds is 6. The van der Waals surface area contributed by atoms with Gasteiger partial charge in [0.1, 0.15) is 6.10 Å². The Bertz CT molecular complexity index is 847. The van der Waals surface area contributed by atoms with Gasteiger partial charge in [0.15, 0.2) is 5.96 Å². The molecule has 1 amide bonds. The molecule has 0 aliphatic carbocycles. The first kappa shape index (κ1) is 20.9. The van der Waals surface area contributed by atoms with Gasteiger partial charge in [-0.25, -0.2) is 0 Å². The molecule has 1 aliphatic heterocycles. The van der Waals surface area contributed by atoms with Crippen LogP contribution in [-0.2, 0) is 11.8 Å². The Hall–Kier alpha value is -2.87. The zero-order valence-corrected chi connectivity index (χ0v) is 17.4. The SMILES string of the molecule is CCNC(=NCCNC(=O)c1cccc(C)c1)N1CCOC(c2cnn(C)c2)C1. The van der Waals surface area contributed by atoms with Crippen molar-refractivity contribution in [3.63, 3.8) is 0 Å². The van der Waals surface area contributed by atoms with Gasteiger partial charge in [0.05, 0.1) is 25.9 Å². The summed E-state index contributed by atoms with van der Waals surface area (Å²) in [5.41, 5.74) is 2.81. The minimum atomic E-state index is -0.0723. The number of aromatic nitrogens is 2. The number of hydrogen-bond acceptors (Lipinski definition) is 4. The van der Waals surface area contributed by atoms with Crippen LogP contribution >= 0.6 is 0 Å². The Morgan fingerprint density at radius 3 is 2.97 bits per heavy atom. The number of nitrogens with one attached hydrogen (secondary N) is 2. The largest absolute Gasteiger partial charge is 0.370 e. The summed E-state index contributed by atoms with van der Waals surface area (Å²) in [6.07, 6.45) is 3.81. The van der Waals surface area contributed by atoms with Gasteiger partial charge >= 0.3 is 0 Å². The summed E-state index contributed by atoms with van der Waals surface area (Å²) in [4.78, 5) is 19.2. The molecule has 1 aromatic heterocycles. The van der Waals surface area contributed by atoms with Crippen LogP contribution in [0.5, 0.6) is 0 Å². The van der Waals surface area contributed by atoms with E-state index in [-0.39, 0.29) is 12.0 Å². The lowest BCUT2D eigenvalue weighted by molar-refractivity contribution is -0.00803. The molecule has 1 saturated heterocycles. The molecule has 1 fully saturated rings. The molecule has 0 spiro atoms. The molecule has 8 heteroatoms. The monoisotopic (exact) mass is 398 g/mol. The first-order valence-corrected chi connectivity index (χ1v) is 10.0. The van der Waals surface area contributed by atoms with Crippen molar-refractivity contribution in [1.29, 1.82) is 0 Å². The summed E-state index contributed by atoms with van der Waals surface area (Å²) in [5.74, 6) is 0.770.